The Labute approximate surface area is 124 Å². The summed E-state index contributed by atoms with van der Waals surface area (Å²) in [7, 11) is 2.01. The highest BCUT2D eigenvalue weighted by Crippen LogP contribution is 2.39. The van der Waals surface area contributed by atoms with E-state index in [1.807, 2.05) is 7.05 Å². The molecular weight excluding hydrogens is 244 g/mol. The van der Waals surface area contributed by atoms with Crippen molar-refractivity contribution in [3.8, 4) is 0 Å². The lowest BCUT2D eigenvalue weighted by Crippen LogP contribution is -2.39. The molecule has 1 aromatic rings. The first-order valence-corrected chi connectivity index (χ1v) is 8.16. The molecule has 1 aliphatic rings. The third-order valence-electron chi connectivity index (χ3n) is 5.52. The summed E-state index contributed by atoms with van der Waals surface area (Å²) in [5, 5.41) is 3.29. The Morgan fingerprint density at radius 2 is 1.65 bits per heavy atom. The van der Waals surface area contributed by atoms with Crippen molar-refractivity contribution in [3.63, 3.8) is 0 Å². The molecule has 1 unspecified atom stereocenters. The van der Waals surface area contributed by atoms with Crippen LogP contribution in [0.4, 0.5) is 5.69 Å². The summed E-state index contributed by atoms with van der Waals surface area (Å²) in [6, 6.07) is 9.52. The van der Waals surface area contributed by atoms with E-state index in [4.69, 9.17) is 0 Å². The molecule has 2 rings (SSSR count). The van der Waals surface area contributed by atoms with E-state index >= 15 is 0 Å². The van der Waals surface area contributed by atoms with Crippen molar-refractivity contribution in [2.24, 2.45) is 5.41 Å². The van der Waals surface area contributed by atoms with Gasteiger partial charge in [0.1, 0.15) is 0 Å². The normalized spacial score (nSPS) is 19.9. The molecule has 1 heterocycles. The molecule has 1 fully saturated rings. The van der Waals surface area contributed by atoms with Crippen LogP contribution in [0, 0.1) is 5.41 Å². The number of hydrogen-bond donors (Lipinski definition) is 1. The smallest absolute Gasteiger partial charge is 0.0366 e. The molecule has 1 saturated heterocycles. The molecule has 2 heteroatoms. The van der Waals surface area contributed by atoms with Gasteiger partial charge in [-0.3, -0.25) is 0 Å². The average molecular weight is 274 g/mol. The van der Waals surface area contributed by atoms with Crippen molar-refractivity contribution >= 4 is 5.69 Å². The average Bonchev–Trinajstić information content (AvgIpc) is 2.54. The summed E-state index contributed by atoms with van der Waals surface area (Å²) >= 11 is 0. The fraction of sp³-hybridized carbons (Fsp3) is 0.667. The number of anilines is 1. The minimum absolute atomic E-state index is 0.429. The van der Waals surface area contributed by atoms with Gasteiger partial charge in [0, 0.05) is 24.8 Å². The van der Waals surface area contributed by atoms with E-state index in [2.05, 4.69) is 55.3 Å². The van der Waals surface area contributed by atoms with Gasteiger partial charge in [-0.2, -0.15) is 0 Å². The highest BCUT2D eigenvalue weighted by Gasteiger charge is 2.31. The highest BCUT2D eigenvalue weighted by molar-refractivity contribution is 5.48. The van der Waals surface area contributed by atoms with Crippen molar-refractivity contribution < 1.29 is 0 Å². The van der Waals surface area contributed by atoms with Gasteiger partial charge >= 0.3 is 0 Å². The standard InChI is InChI=1S/C18H30N2/c1-5-18(6-2)11-13-20(14-12-18)17-9-7-16(8-10-17)15(3)19-4/h7-10,15,19H,5-6,11-14H2,1-4H3. The lowest BCUT2D eigenvalue weighted by molar-refractivity contribution is 0.199. The number of piperidine rings is 1. The molecule has 0 spiro atoms. The molecule has 1 aliphatic heterocycles. The van der Waals surface area contributed by atoms with E-state index in [0.29, 0.717) is 11.5 Å². The molecule has 112 valence electrons. The fourth-order valence-corrected chi connectivity index (χ4v) is 3.34. The first kappa shape index (κ1) is 15.4. The molecule has 0 bridgehead atoms. The van der Waals surface area contributed by atoms with Gasteiger partial charge in [-0.05, 0) is 49.9 Å². The largest absolute Gasteiger partial charge is 0.371 e. The Bertz CT molecular complexity index is 396. The molecule has 0 aliphatic carbocycles. The highest BCUT2D eigenvalue weighted by atomic mass is 15.1. The van der Waals surface area contributed by atoms with Gasteiger partial charge in [0.25, 0.3) is 0 Å². The number of benzene rings is 1. The lowest BCUT2D eigenvalue weighted by atomic mass is 9.74. The van der Waals surface area contributed by atoms with Gasteiger partial charge in [0.2, 0.25) is 0 Å². The van der Waals surface area contributed by atoms with Crippen LogP contribution in [0.15, 0.2) is 24.3 Å². The summed E-state index contributed by atoms with van der Waals surface area (Å²) < 4.78 is 0. The maximum absolute atomic E-state index is 3.29. The first-order chi connectivity index (χ1) is 9.64. The predicted molar refractivity (Wildman–Crippen MR) is 88.4 cm³/mol. The Balaban J connectivity index is 2.00. The second-order valence-electron chi connectivity index (χ2n) is 6.30. The van der Waals surface area contributed by atoms with Crippen molar-refractivity contribution in [2.45, 2.75) is 52.5 Å². The maximum atomic E-state index is 3.29. The van der Waals surface area contributed by atoms with Gasteiger partial charge in [-0.25, -0.2) is 0 Å². The molecule has 0 amide bonds. The van der Waals surface area contributed by atoms with E-state index in [9.17, 15) is 0 Å². The summed E-state index contributed by atoms with van der Waals surface area (Å²) in [4.78, 5) is 2.55. The second-order valence-corrected chi connectivity index (χ2v) is 6.30. The molecule has 2 nitrogen and oxygen atoms in total. The maximum Gasteiger partial charge on any atom is 0.0366 e. The van der Waals surface area contributed by atoms with Crippen LogP contribution in [0.1, 0.15) is 58.1 Å². The van der Waals surface area contributed by atoms with Crippen LogP contribution in [0.25, 0.3) is 0 Å². The molecule has 0 saturated carbocycles. The summed E-state index contributed by atoms with van der Waals surface area (Å²) in [5.41, 5.74) is 3.36. The third-order valence-corrected chi connectivity index (χ3v) is 5.52. The molecule has 0 radical (unpaired) electrons. The summed E-state index contributed by atoms with van der Waals surface area (Å²) in [5.74, 6) is 0. The minimum Gasteiger partial charge on any atom is -0.371 e. The number of rotatable bonds is 5. The number of nitrogens with one attached hydrogen (secondary N) is 1. The quantitative estimate of drug-likeness (QED) is 0.857. The van der Waals surface area contributed by atoms with Crippen LogP contribution in [0.3, 0.4) is 0 Å². The van der Waals surface area contributed by atoms with E-state index in [0.717, 1.165) is 0 Å². The van der Waals surface area contributed by atoms with Crippen molar-refractivity contribution in [1.29, 1.82) is 0 Å². The zero-order valence-corrected chi connectivity index (χ0v) is 13.6. The Kier molecular flexibility index (Phi) is 5.09. The van der Waals surface area contributed by atoms with Crippen molar-refractivity contribution in [3.05, 3.63) is 29.8 Å². The molecule has 0 aromatic heterocycles. The Hall–Kier alpha value is -1.02. The SMILES string of the molecule is CCC1(CC)CCN(c2ccc(C(C)NC)cc2)CC1. The van der Waals surface area contributed by atoms with Gasteiger partial charge in [-0.1, -0.05) is 38.8 Å². The molecular formula is C18H30N2. The van der Waals surface area contributed by atoms with E-state index in [1.54, 1.807) is 0 Å². The third kappa shape index (κ3) is 3.17. The zero-order valence-electron chi connectivity index (χ0n) is 13.6. The minimum atomic E-state index is 0.429. The second kappa shape index (κ2) is 6.62. The molecule has 1 N–H and O–H groups in total. The van der Waals surface area contributed by atoms with Gasteiger partial charge < -0.3 is 10.2 Å². The van der Waals surface area contributed by atoms with Gasteiger partial charge in [0.05, 0.1) is 0 Å². The van der Waals surface area contributed by atoms with E-state index in [1.165, 1.54) is 50.0 Å². The van der Waals surface area contributed by atoms with Crippen LogP contribution in [-0.4, -0.2) is 20.1 Å². The fourth-order valence-electron chi connectivity index (χ4n) is 3.34. The monoisotopic (exact) mass is 274 g/mol. The Morgan fingerprint density at radius 3 is 2.10 bits per heavy atom. The lowest BCUT2D eigenvalue weighted by Gasteiger charge is -2.42. The number of hydrogen-bond acceptors (Lipinski definition) is 2. The van der Waals surface area contributed by atoms with Crippen LogP contribution in [0.2, 0.25) is 0 Å². The van der Waals surface area contributed by atoms with E-state index in [-0.39, 0.29) is 0 Å². The summed E-state index contributed by atoms with van der Waals surface area (Å²) in [6.45, 7) is 9.33. The molecule has 1 atom stereocenters. The molecule has 20 heavy (non-hydrogen) atoms. The van der Waals surface area contributed by atoms with Crippen LogP contribution in [0.5, 0.6) is 0 Å². The topological polar surface area (TPSA) is 15.3 Å². The molecule has 1 aromatic carbocycles. The van der Waals surface area contributed by atoms with Crippen LogP contribution >= 0.6 is 0 Å². The predicted octanol–water partition coefficient (Wildman–Crippen LogP) is 4.37. The zero-order chi connectivity index (χ0) is 14.6. The van der Waals surface area contributed by atoms with Gasteiger partial charge in [-0.15, -0.1) is 0 Å². The summed E-state index contributed by atoms with van der Waals surface area (Å²) in [6.07, 6.45) is 5.34. The van der Waals surface area contributed by atoms with Crippen LogP contribution in [-0.2, 0) is 0 Å². The number of nitrogens with zero attached hydrogens (tertiary/aromatic N) is 1. The van der Waals surface area contributed by atoms with Crippen molar-refractivity contribution in [1.82, 2.24) is 5.32 Å². The first-order valence-electron chi connectivity index (χ1n) is 8.16. The van der Waals surface area contributed by atoms with Crippen molar-refractivity contribution in [2.75, 3.05) is 25.0 Å². The van der Waals surface area contributed by atoms with E-state index < -0.39 is 0 Å². The Morgan fingerprint density at radius 1 is 1.10 bits per heavy atom. The van der Waals surface area contributed by atoms with Crippen LogP contribution < -0.4 is 10.2 Å². The van der Waals surface area contributed by atoms with Gasteiger partial charge in [0.15, 0.2) is 0 Å².